The standard InChI is InChI=1S/C14H19N3O4/c1-3-15-13(18)10-16(4-2)14(19)9-11-5-7-12(8-6-11)17(20)21/h5-8H,3-4,9-10H2,1-2H3,(H,15,18). The van der Waals surface area contributed by atoms with Crippen molar-refractivity contribution >= 4 is 17.5 Å². The molecule has 0 bridgehead atoms. The van der Waals surface area contributed by atoms with Crippen LogP contribution < -0.4 is 5.32 Å². The van der Waals surface area contributed by atoms with E-state index in [-0.39, 0.29) is 30.5 Å². The maximum absolute atomic E-state index is 12.1. The number of nitro groups is 1. The SMILES string of the molecule is CCNC(=O)CN(CC)C(=O)Cc1ccc([N+](=O)[O-])cc1. The van der Waals surface area contributed by atoms with Crippen molar-refractivity contribution in [2.45, 2.75) is 20.3 Å². The van der Waals surface area contributed by atoms with Crippen LogP contribution in [0.2, 0.25) is 0 Å². The Bertz CT molecular complexity index is 513. The average Bonchev–Trinajstić information content (AvgIpc) is 2.45. The predicted octanol–water partition coefficient (Wildman–Crippen LogP) is 1.12. The van der Waals surface area contributed by atoms with Gasteiger partial charge in [0.1, 0.15) is 0 Å². The summed E-state index contributed by atoms with van der Waals surface area (Å²) in [6.45, 7) is 4.59. The first-order valence-electron chi connectivity index (χ1n) is 6.75. The number of non-ortho nitro benzene ring substituents is 1. The first-order valence-corrected chi connectivity index (χ1v) is 6.75. The Hall–Kier alpha value is -2.44. The number of rotatable bonds is 7. The van der Waals surface area contributed by atoms with Gasteiger partial charge in [-0.05, 0) is 19.4 Å². The third-order valence-corrected chi connectivity index (χ3v) is 2.95. The number of nitrogens with zero attached hydrogens (tertiary/aromatic N) is 2. The van der Waals surface area contributed by atoms with Crippen molar-refractivity contribution in [3.05, 3.63) is 39.9 Å². The van der Waals surface area contributed by atoms with Gasteiger partial charge in [-0.25, -0.2) is 0 Å². The Kier molecular flexibility index (Phi) is 6.32. The van der Waals surface area contributed by atoms with Crippen LogP contribution in [-0.4, -0.2) is 41.3 Å². The quantitative estimate of drug-likeness (QED) is 0.602. The molecular weight excluding hydrogens is 274 g/mol. The minimum absolute atomic E-state index is 0.0131. The molecule has 0 aromatic heterocycles. The van der Waals surface area contributed by atoms with Crippen LogP contribution in [0.4, 0.5) is 5.69 Å². The molecule has 0 aliphatic carbocycles. The van der Waals surface area contributed by atoms with Crippen molar-refractivity contribution < 1.29 is 14.5 Å². The molecule has 0 atom stereocenters. The maximum atomic E-state index is 12.1. The van der Waals surface area contributed by atoms with E-state index in [9.17, 15) is 19.7 Å². The van der Waals surface area contributed by atoms with Crippen molar-refractivity contribution in [3.63, 3.8) is 0 Å². The van der Waals surface area contributed by atoms with Gasteiger partial charge in [0.2, 0.25) is 11.8 Å². The number of hydrogen-bond donors (Lipinski definition) is 1. The molecule has 0 fully saturated rings. The molecule has 1 rings (SSSR count). The van der Waals surface area contributed by atoms with E-state index < -0.39 is 4.92 Å². The molecule has 0 spiro atoms. The zero-order valence-corrected chi connectivity index (χ0v) is 12.2. The van der Waals surface area contributed by atoms with Crippen LogP contribution >= 0.6 is 0 Å². The van der Waals surface area contributed by atoms with Gasteiger partial charge in [-0.3, -0.25) is 19.7 Å². The Balaban J connectivity index is 2.65. The molecule has 0 aliphatic heterocycles. The van der Waals surface area contributed by atoms with Gasteiger partial charge in [-0.15, -0.1) is 0 Å². The first-order chi connectivity index (χ1) is 9.97. The molecule has 1 aromatic rings. The minimum atomic E-state index is -0.487. The first kappa shape index (κ1) is 16.6. The average molecular weight is 293 g/mol. The van der Waals surface area contributed by atoms with Crippen molar-refractivity contribution in [1.82, 2.24) is 10.2 Å². The smallest absolute Gasteiger partial charge is 0.269 e. The van der Waals surface area contributed by atoms with Gasteiger partial charge in [-0.2, -0.15) is 0 Å². The third kappa shape index (κ3) is 5.21. The molecule has 7 heteroatoms. The fourth-order valence-electron chi connectivity index (χ4n) is 1.82. The van der Waals surface area contributed by atoms with Gasteiger partial charge in [0.05, 0.1) is 17.9 Å². The summed E-state index contributed by atoms with van der Waals surface area (Å²) < 4.78 is 0. The van der Waals surface area contributed by atoms with Crippen LogP contribution in [0.15, 0.2) is 24.3 Å². The normalized spacial score (nSPS) is 10.0. The number of carbonyl (C=O) groups is 2. The number of amides is 2. The van der Waals surface area contributed by atoms with Crippen LogP contribution in [0, 0.1) is 10.1 Å². The molecule has 0 saturated heterocycles. The van der Waals surface area contributed by atoms with E-state index >= 15 is 0 Å². The topological polar surface area (TPSA) is 92.6 Å². The molecule has 0 unspecified atom stereocenters. The number of carbonyl (C=O) groups excluding carboxylic acids is 2. The Morgan fingerprint density at radius 3 is 2.33 bits per heavy atom. The van der Waals surface area contributed by atoms with Gasteiger partial charge in [0, 0.05) is 25.2 Å². The van der Waals surface area contributed by atoms with E-state index in [1.165, 1.54) is 17.0 Å². The van der Waals surface area contributed by atoms with E-state index in [4.69, 9.17) is 0 Å². The van der Waals surface area contributed by atoms with Crippen LogP contribution in [0.25, 0.3) is 0 Å². The van der Waals surface area contributed by atoms with Crippen LogP contribution in [0.3, 0.4) is 0 Å². The van der Waals surface area contributed by atoms with Gasteiger partial charge >= 0.3 is 0 Å². The summed E-state index contributed by atoms with van der Waals surface area (Å²) in [4.78, 5) is 35.1. The largest absolute Gasteiger partial charge is 0.355 e. The molecule has 1 aromatic carbocycles. The lowest BCUT2D eigenvalue weighted by molar-refractivity contribution is -0.384. The molecule has 0 radical (unpaired) electrons. The van der Waals surface area contributed by atoms with Gasteiger partial charge < -0.3 is 10.2 Å². The monoisotopic (exact) mass is 293 g/mol. The van der Waals surface area contributed by atoms with Crippen molar-refractivity contribution in [2.24, 2.45) is 0 Å². The van der Waals surface area contributed by atoms with Gasteiger partial charge in [0.25, 0.3) is 5.69 Å². The van der Waals surface area contributed by atoms with E-state index in [0.29, 0.717) is 18.7 Å². The van der Waals surface area contributed by atoms with E-state index in [1.807, 2.05) is 6.92 Å². The Morgan fingerprint density at radius 1 is 1.24 bits per heavy atom. The Morgan fingerprint density at radius 2 is 1.86 bits per heavy atom. The highest BCUT2D eigenvalue weighted by Crippen LogP contribution is 2.12. The second-order valence-corrected chi connectivity index (χ2v) is 4.46. The highest BCUT2D eigenvalue weighted by atomic mass is 16.6. The summed E-state index contributed by atoms with van der Waals surface area (Å²) >= 11 is 0. The number of hydrogen-bond acceptors (Lipinski definition) is 4. The van der Waals surface area contributed by atoms with Gasteiger partial charge in [-0.1, -0.05) is 12.1 Å². The number of nitro benzene ring substituents is 1. The zero-order valence-electron chi connectivity index (χ0n) is 12.2. The second kappa shape index (κ2) is 7.98. The predicted molar refractivity (Wildman–Crippen MR) is 77.7 cm³/mol. The molecule has 0 heterocycles. The summed E-state index contributed by atoms with van der Waals surface area (Å²) in [7, 11) is 0. The lowest BCUT2D eigenvalue weighted by Gasteiger charge is -2.20. The molecule has 114 valence electrons. The zero-order chi connectivity index (χ0) is 15.8. The summed E-state index contributed by atoms with van der Waals surface area (Å²) in [5.41, 5.74) is 0.667. The van der Waals surface area contributed by atoms with E-state index in [0.717, 1.165) is 0 Å². The third-order valence-electron chi connectivity index (χ3n) is 2.95. The summed E-state index contributed by atoms with van der Waals surface area (Å²) in [5, 5.41) is 13.2. The summed E-state index contributed by atoms with van der Waals surface area (Å²) in [6, 6.07) is 5.83. The summed E-state index contributed by atoms with van der Waals surface area (Å²) in [5.74, 6) is -0.381. The van der Waals surface area contributed by atoms with Gasteiger partial charge in [0.15, 0.2) is 0 Å². The lowest BCUT2D eigenvalue weighted by atomic mass is 10.1. The molecule has 7 nitrogen and oxygen atoms in total. The van der Waals surface area contributed by atoms with E-state index in [1.54, 1.807) is 19.1 Å². The highest BCUT2D eigenvalue weighted by Gasteiger charge is 2.16. The Labute approximate surface area is 123 Å². The maximum Gasteiger partial charge on any atom is 0.269 e. The van der Waals surface area contributed by atoms with Crippen molar-refractivity contribution in [2.75, 3.05) is 19.6 Å². The number of nitrogens with one attached hydrogen (secondary N) is 1. The fourth-order valence-corrected chi connectivity index (χ4v) is 1.82. The molecule has 0 saturated carbocycles. The molecular formula is C14H19N3O4. The van der Waals surface area contributed by atoms with Crippen LogP contribution in [0.1, 0.15) is 19.4 Å². The number of benzene rings is 1. The second-order valence-electron chi connectivity index (χ2n) is 4.46. The van der Waals surface area contributed by atoms with Crippen molar-refractivity contribution in [1.29, 1.82) is 0 Å². The highest BCUT2D eigenvalue weighted by molar-refractivity contribution is 5.85. The molecule has 1 N–H and O–H groups in total. The summed E-state index contributed by atoms with van der Waals surface area (Å²) in [6.07, 6.45) is 0.116. The van der Waals surface area contributed by atoms with E-state index in [2.05, 4.69) is 5.32 Å². The fraction of sp³-hybridized carbons (Fsp3) is 0.429. The minimum Gasteiger partial charge on any atom is -0.355 e. The van der Waals surface area contributed by atoms with Crippen molar-refractivity contribution in [3.8, 4) is 0 Å². The molecule has 21 heavy (non-hydrogen) atoms. The van der Waals surface area contributed by atoms with Crippen LogP contribution in [-0.2, 0) is 16.0 Å². The molecule has 2 amide bonds. The lowest BCUT2D eigenvalue weighted by Crippen LogP contribution is -2.41. The number of likely N-dealkylation sites (N-methyl/N-ethyl adjacent to an activating group) is 2. The van der Waals surface area contributed by atoms with Crippen LogP contribution in [0.5, 0.6) is 0 Å². The molecule has 0 aliphatic rings.